The van der Waals surface area contributed by atoms with Crippen molar-refractivity contribution in [3.8, 4) is 5.75 Å². The SMILES string of the molecule is COc1ccc(COC(C(CO[Si](C)(C)C(C)(C)C)OCc2ccccc2)C(C)(C)C(O[Si](C)(C)C(C)(C)C)C(OCc2ccccc2)C(C)=O)cc1. The van der Waals surface area contributed by atoms with Gasteiger partial charge >= 0.3 is 0 Å². The minimum absolute atomic E-state index is 0.00900. The first kappa shape index (κ1) is 44.8. The van der Waals surface area contributed by atoms with Gasteiger partial charge in [-0.25, -0.2) is 0 Å². The van der Waals surface area contributed by atoms with Crippen molar-refractivity contribution in [3.63, 3.8) is 0 Å². The quantitative estimate of drug-likeness (QED) is 0.106. The molecule has 4 unspecified atom stereocenters. The number of benzene rings is 3. The Bertz CT molecular complexity index is 1530. The summed E-state index contributed by atoms with van der Waals surface area (Å²) in [5, 5.41) is -0.138. The molecular weight excluding hydrogens is 697 g/mol. The number of carbonyl (C=O) groups is 1. The Morgan fingerprint density at radius 1 is 0.604 bits per heavy atom. The molecule has 0 N–H and O–H groups in total. The van der Waals surface area contributed by atoms with Crippen molar-refractivity contribution in [1.29, 1.82) is 0 Å². The molecule has 0 bridgehead atoms. The second-order valence-corrected chi connectivity index (χ2v) is 27.5. The number of rotatable bonds is 20. The van der Waals surface area contributed by atoms with Crippen LogP contribution in [0.25, 0.3) is 0 Å². The van der Waals surface area contributed by atoms with Crippen molar-refractivity contribution in [1.82, 2.24) is 0 Å². The van der Waals surface area contributed by atoms with Gasteiger partial charge < -0.3 is 27.8 Å². The highest BCUT2D eigenvalue weighted by Gasteiger charge is 2.53. The molecule has 3 aromatic rings. The van der Waals surface area contributed by atoms with Gasteiger partial charge in [0.2, 0.25) is 0 Å². The lowest BCUT2D eigenvalue weighted by molar-refractivity contribution is -0.189. The summed E-state index contributed by atoms with van der Waals surface area (Å²) in [6.45, 7) is 29.5. The molecule has 4 atom stereocenters. The Balaban J connectivity index is 2.19. The summed E-state index contributed by atoms with van der Waals surface area (Å²) in [5.74, 6) is 0.686. The Hall–Kier alpha value is -2.64. The zero-order chi connectivity index (χ0) is 39.7. The van der Waals surface area contributed by atoms with E-state index in [0.29, 0.717) is 19.8 Å². The molecule has 0 saturated carbocycles. The van der Waals surface area contributed by atoms with E-state index in [4.69, 9.17) is 27.8 Å². The first-order chi connectivity index (χ1) is 24.6. The molecule has 0 aliphatic carbocycles. The number of methoxy groups -OCH3 is 1. The van der Waals surface area contributed by atoms with E-state index in [1.54, 1.807) is 14.0 Å². The van der Waals surface area contributed by atoms with Crippen molar-refractivity contribution in [3.05, 3.63) is 102 Å². The molecule has 3 rings (SSSR count). The highest BCUT2D eigenvalue weighted by Crippen LogP contribution is 2.44. The standard InChI is InChI=1S/C44H68O7Si2/c1-33(45)39(48-30-35-23-19-16-20-24-35)41(51-53(13,14)43(5,6)7)44(8,9)40(49-31-36-25-27-37(46-10)28-26-36)38(32-50-52(11,12)42(2,3)4)47-29-34-21-17-15-18-22-34/h15-28,38-41H,29-32H2,1-14H3. The number of carbonyl (C=O) groups excluding carboxylic acids is 1. The van der Waals surface area contributed by atoms with Crippen molar-refractivity contribution in [2.45, 2.75) is 143 Å². The molecule has 0 aromatic heterocycles. The van der Waals surface area contributed by atoms with Crippen LogP contribution in [-0.2, 0) is 47.7 Å². The van der Waals surface area contributed by atoms with E-state index in [1.807, 2.05) is 72.8 Å². The molecule has 0 aliphatic rings. The maximum absolute atomic E-state index is 13.8. The summed E-state index contributed by atoms with van der Waals surface area (Å²) in [6.07, 6.45) is -2.61. The normalized spacial score (nSPS) is 15.4. The summed E-state index contributed by atoms with van der Waals surface area (Å²) >= 11 is 0. The molecule has 53 heavy (non-hydrogen) atoms. The Morgan fingerprint density at radius 2 is 1.06 bits per heavy atom. The van der Waals surface area contributed by atoms with Crippen LogP contribution in [0.2, 0.25) is 36.3 Å². The van der Waals surface area contributed by atoms with Gasteiger partial charge in [-0.3, -0.25) is 4.79 Å². The maximum atomic E-state index is 13.8. The lowest BCUT2D eigenvalue weighted by Gasteiger charge is -2.50. The van der Waals surface area contributed by atoms with Crippen LogP contribution < -0.4 is 4.74 Å². The topological polar surface area (TPSA) is 72.5 Å². The van der Waals surface area contributed by atoms with Crippen molar-refractivity contribution >= 4 is 22.4 Å². The third-order valence-corrected chi connectivity index (χ3v) is 20.2. The van der Waals surface area contributed by atoms with E-state index < -0.39 is 46.5 Å². The second-order valence-electron chi connectivity index (χ2n) is 17.9. The average molecular weight is 765 g/mol. The largest absolute Gasteiger partial charge is 0.497 e. The summed E-state index contributed by atoms with van der Waals surface area (Å²) in [4.78, 5) is 13.8. The van der Waals surface area contributed by atoms with Gasteiger partial charge in [-0.1, -0.05) is 128 Å². The minimum atomic E-state index is -2.48. The van der Waals surface area contributed by atoms with Crippen LogP contribution >= 0.6 is 0 Å². The molecule has 0 aliphatic heterocycles. The molecule has 7 nitrogen and oxygen atoms in total. The molecule has 0 saturated heterocycles. The summed E-state index contributed by atoms with van der Waals surface area (Å²) in [6, 6.07) is 28.0. The van der Waals surface area contributed by atoms with Crippen LogP contribution in [0.4, 0.5) is 0 Å². The fraction of sp³-hybridized carbons (Fsp3) is 0.568. The molecule has 0 radical (unpaired) electrons. The molecule has 3 aromatic carbocycles. The van der Waals surface area contributed by atoms with E-state index >= 15 is 0 Å². The van der Waals surface area contributed by atoms with Crippen LogP contribution in [0.3, 0.4) is 0 Å². The van der Waals surface area contributed by atoms with Gasteiger partial charge in [0.25, 0.3) is 0 Å². The number of hydrogen-bond acceptors (Lipinski definition) is 7. The predicted molar refractivity (Wildman–Crippen MR) is 221 cm³/mol. The van der Waals surface area contributed by atoms with Crippen LogP contribution in [0, 0.1) is 5.41 Å². The fourth-order valence-corrected chi connectivity index (χ4v) is 8.08. The van der Waals surface area contributed by atoms with Crippen molar-refractivity contribution in [2.24, 2.45) is 5.41 Å². The molecule has 0 heterocycles. The summed E-state index contributed by atoms with van der Waals surface area (Å²) < 4.78 is 40.3. The Kier molecular flexibility index (Phi) is 15.9. The number of ketones is 1. The lowest BCUT2D eigenvalue weighted by Crippen LogP contribution is -2.60. The van der Waals surface area contributed by atoms with Crippen LogP contribution in [0.15, 0.2) is 84.9 Å². The maximum Gasteiger partial charge on any atom is 0.192 e. The number of Topliss-reactive ketones (excluding diaryl/α,β-unsaturated/α-hetero) is 1. The van der Waals surface area contributed by atoms with Gasteiger partial charge in [0.05, 0.1) is 45.7 Å². The Labute approximate surface area is 323 Å². The number of hydrogen-bond donors (Lipinski definition) is 0. The summed E-state index contributed by atoms with van der Waals surface area (Å²) in [5.41, 5.74) is 2.22. The van der Waals surface area contributed by atoms with E-state index in [2.05, 4.69) is 93.7 Å². The van der Waals surface area contributed by atoms with Crippen molar-refractivity contribution in [2.75, 3.05) is 13.7 Å². The molecular formula is C44H68O7Si2. The third-order valence-electron chi connectivity index (χ3n) is 11.3. The fourth-order valence-electron chi connectivity index (χ4n) is 5.65. The first-order valence-corrected chi connectivity index (χ1v) is 24.8. The van der Waals surface area contributed by atoms with E-state index in [9.17, 15) is 4.79 Å². The Morgan fingerprint density at radius 3 is 1.51 bits per heavy atom. The molecule has 0 amide bonds. The highest BCUT2D eigenvalue weighted by atomic mass is 28.4. The highest BCUT2D eigenvalue weighted by molar-refractivity contribution is 6.74. The zero-order valence-electron chi connectivity index (χ0n) is 35.1. The zero-order valence-corrected chi connectivity index (χ0v) is 37.1. The smallest absolute Gasteiger partial charge is 0.192 e. The van der Waals surface area contributed by atoms with Gasteiger partial charge in [0.1, 0.15) is 18.0 Å². The lowest BCUT2D eigenvalue weighted by atomic mass is 9.75. The van der Waals surface area contributed by atoms with Crippen LogP contribution in [0.1, 0.15) is 79.0 Å². The second kappa shape index (κ2) is 18.8. The van der Waals surface area contributed by atoms with Crippen LogP contribution in [0.5, 0.6) is 5.75 Å². The predicted octanol–water partition coefficient (Wildman–Crippen LogP) is 10.8. The van der Waals surface area contributed by atoms with Gasteiger partial charge in [-0.15, -0.1) is 0 Å². The summed E-state index contributed by atoms with van der Waals surface area (Å²) in [7, 11) is -3.03. The van der Waals surface area contributed by atoms with Gasteiger partial charge in [0, 0.05) is 5.41 Å². The number of ether oxygens (including phenoxy) is 4. The van der Waals surface area contributed by atoms with Crippen molar-refractivity contribution < 1.29 is 32.6 Å². The molecule has 0 spiro atoms. The average Bonchev–Trinajstić information content (AvgIpc) is 3.08. The minimum Gasteiger partial charge on any atom is -0.497 e. The van der Waals surface area contributed by atoms with E-state index in [-0.39, 0.29) is 22.5 Å². The van der Waals surface area contributed by atoms with E-state index in [0.717, 1.165) is 22.4 Å². The van der Waals surface area contributed by atoms with Crippen LogP contribution in [-0.4, -0.2) is 60.6 Å². The third kappa shape index (κ3) is 12.7. The van der Waals surface area contributed by atoms with Gasteiger partial charge in [0.15, 0.2) is 22.4 Å². The van der Waals surface area contributed by atoms with E-state index in [1.165, 1.54) is 0 Å². The first-order valence-electron chi connectivity index (χ1n) is 19.0. The van der Waals surface area contributed by atoms with Gasteiger partial charge in [-0.05, 0) is 72.0 Å². The molecule has 0 fully saturated rings. The molecule has 294 valence electrons. The monoisotopic (exact) mass is 764 g/mol. The molecule has 9 heteroatoms. The van der Waals surface area contributed by atoms with Gasteiger partial charge in [-0.2, -0.15) is 0 Å².